The molecule has 4 nitrogen and oxygen atoms in total. The van der Waals surface area contributed by atoms with Crippen molar-refractivity contribution in [3.63, 3.8) is 0 Å². The van der Waals surface area contributed by atoms with E-state index in [0.717, 1.165) is 11.3 Å². The van der Waals surface area contributed by atoms with Crippen LogP contribution in [0.25, 0.3) is 11.3 Å². The van der Waals surface area contributed by atoms with E-state index in [2.05, 4.69) is 4.98 Å². The largest absolute Gasteiger partial charge is 0.477 e. The maximum Gasteiger partial charge on any atom is 0.348 e. The Kier molecular flexibility index (Phi) is 3.24. The predicted molar refractivity (Wildman–Crippen MR) is 68.9 cm³/mol. The monoisotopic (exact) mass is 288 g/mol. The lowest BCUT2D eigenvalue weighted by Gasteiger charge is -2.01. The molecule has 0 saturated heterocycles. The highest BCUT2D eigenvalue weighted by Crippen LogP contribution is 2.33. The highest BCUT2D eigenvalue weighted by molar-refractivity contribution is 7.17. The summed E-state index contributed by atoms with van der Waals surface area (Å²) < 4.78 is 0. The molecule has 0 fully saturated rings. The van der Waals surface area contributed by atoms with Gasteiger partial charge in [0.05, 0.1) is 15.7 Å². The second kappa shape index (κ2) is 4.52. The Morgan fingerprint density at radius 2 is 2.06 bits per heavy atom. The van der Waals surface area contributed by atoms with Crippen LogP contribution in [0, 0.1) is 0 Å². The molecule has 0 atom stereocenters. The van der Waals surface area contributed by atoms with E-state index >= 15 is 0 Å². The van der Waals surface area contributed by atoms with Crippen LogP contribution in [0.5, 0.6) is 0 Å². The van der Waals surface area contributed by atoms with Gasteiger partial charge < -0.3 is 10.8 Å². The van der Waals surface area contributed by atoms with Crippen molar-refractivity contribution in [1.29, 1.82) is 0 Å². The van der Waals surface area contributed by atoms with Gasteiger partial charge in [-0.1, -0.05) is 40.6 Å². The van der Waals surface area contributed by atoms with Crippen LogP contribution in [0.4, 0.5) is 5.13 Å². The predicted octanol–water partition coefficient (Wildman–Crippen LogP) is 3.40. The number of nitrogen functional groups attached to an aromatic ring is 1. The molecule has 0 radical (unpaired) electrons. The van der Waals surface area contributed by atoms with Crippen molar-refractivity contribution < 1.29 is 9.90 Å². The topological polar surface area (TPSA) is 76.2 Å². The molecule has 0 bridgehead atoms. The summed E-state index contributed by atoms with van der Waals surface area (Å²) >= 11 is 12.6. The van der Waals surface area contributed by atoms with Gasteiger partial charge in [-0.2, -0.15) is 0 Å². The van der Waals surface area contributed by atoms with Crippen LogP contribution in [0.2, 0.25) is 10.0 Å². The molecule has 0 amide bonds. The number of halogens is 2. The summed E-state index contributed by atoms with van der Waals surface area (Å²) in [5.41, 5.74) is 6.39. The van der Waals surface area contributed by atoms with Crippen molar-refractivity contribution >= 4 is 45.6 Å². The first-order chi connectivity index (χ1) is 7.99. The zero-order chi connectivity index (χ0) is 12.6. The average Bonchev–Trinajstić information content (AvgIpc) is 2.64. The molecule has 1 heterocycles. The smallest absolute Gasteiger partial charge is 0.348 e. The Morgan fingerprint density at radius 1 is 1.35 bits per heavy atom. The first-order valence-electron chi connectivity index (χ1n) is 4.44. The molecule has 3 N–H and O–H groups in total. The van der Waals surface area contributed by atoms with Gasteiger partial charge in [-0.3, -0.25) is 0 Å². The number of aromatic nitrogens is 1. The second-order valence-electron chi connectivity index (χ2n) is 3.16. The molecule has 17 heavy (non-hydrogen) atoms. The highest BCUT2D eigenvalue weighted by atomic mass is 35.5. The fourth-order valence-electron chi connectivity index (χ4n) is 1.32. The first-order valence-corrected chi connectivity index (χ1v) is 6.01. The third-order valence-corrected chi connectivity index (χ3v) is 3.64. The number of anilines is 1. The Bertz CT molecular complexity index is 598. The molecular weight excluding hydrogens is 283 g/mol. The summed E-state index contributed by atoms with van der Waals surface area (Å²) in [7, 11) is 0. The van der Waals surface area contributed by atoms with Crippen molar-refractivity contribution in [3.8, 4) is 11.3 Å². The van der Waals surface area contributed by atoms with E-state index in [-0.39, 0.29) is 10.0 Å². The van der Waals surface area contributed by atoms with E-state index in [0.29, 0.717) is 21.3 Å². The van der Waals surface area contributed by atoms with Crippen LogP contribution in [0.1, 0.15) is 9.67 Å². The van der Waals surface area contributed by atoms with E-state index < -0.39 is 5.97 Å². The normalized spacial score (nSPS) is 10.5. The van der Waals surface area contributed by atoms with Crippen molar-refractivity contribution in [2.45, 2.75) is 0 Å². The number of benzene rings is 1. The van der Waals surface area contributed by atoms with E-state index in [1.807, 2.05) is 0 Å². The lowest BCUT2D eigenvalue weighted by molar-refractivity contribution is 0.0702. The first kappa shape index (κ1) is 12.2. The van der Waals surface area contributed by atoms with Crippen LogP contribution >= 0.6 is 34.5 Å². The molecule has 0 saturated carbocycles. The van der Waals surface area contributed by atoms with Gasteiger partial charge in [0.2, 0.25) is 0 Å². The number of carbonyl (C=O) groups is 1. The molecule has 7 heteroatoms. The number of carboxylic acids is 1. The minimum atomic E-state index is -1.07. The van der Waals surface area contributed by atoms with Gasteiger partial charge >= 0.3 is 5.97 Å². The highest BCUT2D eigenvalue weighted by Gasteiger charge is 2.18. The average molecular weight is 289 g/mol. The Hall–Kier alpha value is -1.30. The quantitative estimate of drug-likeness (QED) is 0.888. The number of nitrogens with two attached hydrogens (primary N) is 1. The number of thiazole rings is 1. The molecule has 0 spiro atoms. The molecule has 2 aromatic rings. The lowest BCUT2D eigenvalue weighted by atomic mass is 10.1. The SMILES string of the molecule is Nc1nc(-c2ccc(Cl)c(Cl)c2)c(C(=O)O)s1. The van der Waals surface area contributed by atoms with E-state index in [1.54, 1.807) is 18.2 Å². The summed E-state index contributed by atoms with van der Waals surface area (Å²) in [4.78, 5) is 15.1. The van der Waals surface area contributed by atoms with Gasteiger partial charge in [0.1, 0.15) is 4.88 Å². The molecule has 88 valence electrons. The summed E-state index contributed by atoms with van der Waals surface area (Å²) in [5, 5.41) is 9.96. The fraction of sp³-hybridized carbons (Fsp3) is 0. The second-order valence-corrected chi connectivity index (χ2v) is 5.01. The van der Waals surface area contributed by atoms with Crippen LogP contribution in [0.3, 0.4) is 0 Å². The standard InChI is InChI=1S/C10H6Cl2N2O2S/c11-5-2-1-4(3-6(5)12)7-8(9(15)16)17-10(13)14-7/h1-3H,(H2,13,14)(H,15,16). The minimum Gasteiger partial charge on any atom is -0.477 e. The molecule has 0 aliphatic heterocycles. The summed E-state index contributed by atoms with van der Waals surface area (Å²) in [6.07, 6.45) is 0. The molecule has 1 aromatic heterocycles. The fourth-order valence-corrected chi connectivity index (χ4v) is 2.31. The number of aromatic carboxylic acids is 1. The maximum absolute atomic E-state index is 11.0. The van der Waals surface area contributed by atoms with Crippen LogP contribution in [0.15, 0.2) is 18.2 Å². The molecular formula is C10H6Cl2N2O2S. The molecule has 0 aliphatic carbocycles. The number of hydrogen-bond donors (Lipinski definition) is 2. The van der Waals surface area contributed by atoms with Gasteiger partial charge in [-0.05, 0) is 12.1 Å². The number of rotatable bonds is 2. The minimum absolute atomic E-state index is 0.0842. The molecule has 2 rings (SSSR count). The van der Waals surface area contributed by atoms with Gasteiger partial charge in [0, 0.05) is 5.56 Å². The molecule has 0 unspecified atom stereocenters. The van der Waals surface area contributed by atoms with Gasteiger partial charge in [0.15, 0.2) is 5.13 Å². The van der Waals surface area contributed by atoms with Gasteiger partial charge in [-0.25, -0.2) is 9.78 Å². The van der Waals surface area contributed by atoms with Gasteiger partial charge in [-0.15, -0.1) is 0 Å². The van der Waals surface area contributed by atoms with Crippen molar-refractivity contribution in [2.75, 3.05) is 5.73 Å². The summed E-state index contributed by atoms with van der Waals surface area (Å²) in [6.45, 7) is 0. The molecule has 1 aromatic carbocycles. The third kappa shape index (κ3) is 2.36. The zero-order valence-electron chi connectivity index (χ0n) is 8.28. The van der Waals surface area contributed by atoms with E-state index in [1.165, 1.54) is 0 Å². The Balaban J connectivity index is 2.59. The maximum atomic E-state index is 11.0. The van der Waals surface area contributed by atoms with Crippen molar-refractivity contribution in [1.82, 2.24) is 4.98 Å². The zero-order valence-corrected chi connectivity index (χ0v) is 10.6. The number of hydrogen-bond acceptors (Lipinski definition) is 4. The molecule has 0 aliphatic rings. The van der Waals surface area contributed by atoms with E-state index in [9.17, 15) is 4.79 Å². The van der Waals surface area contributed by atoms with Gasteiger partial charge in [0.25, 0.3) is 0 Å². The summed E-state index contributed by atoms with van der Waals surface area (Å²) in [5.74, 6) is -1.07. The van der Waals surface area contributed by atoms with E-state index in [4.69, 9.17) is 34.0 Å². The van der Waals surface area contributed by atoms with Crippen LogP contribution < -0.4 is 5.73 Å². The number of nitrogens with zero attached hydrogens (tertiary/aromatic N) is 1. The summed E-state index contributed by atoms with van der Waals surface area (Å²) in [6, 6.07) is 4.79. The Morgan fingerprint density at radius 3 is 2.65 bits per heavy atom. The van der Waals surface area contributed by atoms with Crippen molar-refractivity contribution in [2.24, 2.45) is 0 Å². The number of carboxylic acid groups (broad SMARTS) is 1. The third-order valence-electron chi connectivity index (χ3n) is 2.03. The lowest BCUT2D eigenvalue weighted by Crippen LogP contribution is -1.95. The van der Waals surface area contributed by atoms with Crippen LogP contribution in [-0.2, 0) is 0 Å². The van der Waals surface area contributed by atoms with Crippen molar-refractivity contribution in [3.05, 3.63) is 33.1 Å². The van der Waals surface area contributed by atoms with Crippen LogP contribution in [-0.4, -0.2) is 16.1 Å². The Labute approximate surface area is 111 Å².